The predicted octanol–water partition coefficient (Wildman–Crippen LogP) is 2.94. The van der Waals surface area contributed by atoms with Crippen molar-refractivity contribution in [2.24, 2.45) is 0 Å². The first kappa shape index (κ1) is 20.6. The van der Waals surface area contributed by atoms with Crippen LogP contribution >= 0.6 is 11.8 Å². The SMILES string of the molecule is Cc1nc(SCc2ccccc2)[nH]c(=O)c1CCC(=O)N1CC(C)OC(C)C1. The Labute approximate surface area is 169 Å². The third-order valence-electron chi connectivity index (χ3n) is 4.78. The van der Waals surface area contributed by atoms with Crippen molar-refractivity contribution in [3.8, 4) is 0 Å². The highest BCUT2D eigenvalue weighted by Crippen LogP contribution is 2.19. The summed E-state index contributed by atoms with van der Waals surface area (Å²) in [7, 11) is 0. The molecule has 150 valence electrons. The summed E-state index contributed by atoms with van der Waals surface area (Å²) >= 11 is 1.50. The fraction of sp³-hybridized carbons (Fsp3) is 0.476. The molecule has 0 radical (unpaired) electrons. The summed E-state index contributed by atoms with van der Waals surface area (Å²) in [6.07, 6.45) is 0.791. The average molecular weight is 402 g/mol. The number of nitrogens with one attached hydrogen (secondary N) is 1. The molecule has 0 spiro atoms. The number of carbonyl (C=O) groups excluding carboxylic acids is 1. The van der Waals surface area contributed by atoms with E-state index in [1.165, 1.54) is 17.3 Å². The number of thioether (sulfide) groups is 1. The second kappa shape index (κ2) is 9.39. The molecule has 7 heteroatoms. The van der Waals surface area contributed by atoms with Crippen LogP contribution in [0.25, 0.3) is 0 Å². The maximum Gasteiger partial charge on any atom is 0.254 e. The molecule has 0 aliphatic carbocycles. The van der Waals surface area contributed by atoms with Gasteiger partial charge in [0.2, 0.25) is 5.91 Å². The Hall–Kier alpha value is -2.12. The van der Waals surface area contributed by atoms with Crippen LogP contribution in [0.5, 0.6) is 0 Å². The lowest BCUT2D eigenvalue weighted by Crippen LogP contribution is -2.48. The molecule has 1 aromatic carbocycles. The number of aromatic amines is 1. The number of hydrogen-bond donors (Lipinski definition) is 1. The van der Waals surface area contributed by atoms with Crippen molar-refractivity contribution in [2.45, 2.75) is 56.7 Å². The molecule has 1 aromatic heterocycles. The minimum Gasteiger partial charge on any atom is -0.372 e. The van der Waals surface area contributed by atoms with Gasteiger partial charge in [0.1, 0.15) is 0 Å². The van der Waals surface area contributed by atoms with Gasteiger partial charge in [-0.15, -0.1) is 0 Å². The molecule has 6 nitrogen and oxygen atoms in total. The van der Waals surface area contributed by atoms with E-state index in [2.05, 4.69) is 9.97 Å². The van der Waals surface area contributed by atoms with Gasteiger partial charge in [0.25, 0.3) is 5.56 Å². The van der Waals surface area contributed by atoms with Crippen molar-refractivity contribution in [1.82, 2.24) is 14.9 Å². The Bertz CT molecular complexity index is 859. The lowest BCUT2D eigenvalue weighted by Gasteiger charge is -2.35. The summed E-state index contributed by atoms with van der Waals surface area (Å²) < 4.78 is 5.67. The van der Waals surface area contributed by atoms with Crippen molar-refractivity contribution in [3.63, 3.8) is 0 Å². The van der Waals surface area contributed by atoms with Crippen LogP contribution in [0.1, 0.15) is 37.1 Å². The van der Waals surface area contributed by atoms with E-state index in [0.717, 1.165) is 5.75 Å². The predicted molar refractivity (Wildman–Crippen MR) is 111 cm³/mol. The quantitative estimate of drug-likeness (QED) is 0.595. The molecule has 2 heterocycles. The zero-order chi connectivity index (χ0) is 20.1. The van der Waals surface area contributed by atoms with Gasteiger partial charge in [-0.1, -0.05) is 42.1 Å². The number of benzene rings is 1. The Balaban J connectivity index is 1.60. The number of carbonyl (C=O) groups is 1. The molecule has 1 saturated heterocycles. The van der Waals surface area contributed by atoms with E-state index < -0.39 is 0 Å². The number of aromatic nitrogens is 2. The molecule has 28 heavy (non-hydrogen) atoms. The van der Waals surface area contributed by atoms with Gasteiger partial charge in [0.05, 0.1) is 12.2 Å². The van der Waals surface area contributed by atoms with Crippen LogP contribution in [0, 0.1) is 6.92 Å². The summed E-state index contributed by atoms with van der Waals surface area (Å²) in [5.41, 5.74) is 2.30. The first-order chi connectivity index (χ1) is 13.4. The number of H-pyrrole nitrogens is 1. The van der Waals surface area contributed by atoms with Gasteiger partial charge < -0.3 is 14.6 Å². The summed E-state index contributed by atoms with van der Waals surface area (Å²) in [5.74, 6) is 0.803. The third kappa shape index (κ3) is 5.45. The number of hydrogen-bond acceptors (Lipinski definition) is 5. The highest BCUT2D eigenvalue weighted by atomic mass is 32.2. The second-order valence-electron chi connectivity index (χ2n) is 7.27. The van der Waals surface area contributed by atoms with Crippen molar-refractivity contribution in [3.05, 3.63) is 57.5 Å². The zero-order valence-corrected chi connectivity index (χ0v) is 17.4. The van der Waals surface area contributed by atoms with E-state index in [9.17, 15) is 9.59 Å². The highest BCUT2D eigenvalue weighted by Gasteiger charge is 2.25. The third-order valence-corrected chi connectivity index (χ3v) is 5.72. The van der Waals surface area contributed by atoms with Crippen LogP contribution in [0.4, 0.5) is 0 Å². The largest absolute Gasteiger partial charge is 0.372 e. The fourth-order valence-corrected chi connectivity index (χ4v) is 4.31. The lowest BCUT2D eigenvalue weighted by atomic mass is 10.1. The second-order valence-corrected chi connectivity index (χ2v) is 8.23. The molecule has 2 atom stereocenters. The molecular formula is C21H27N3O3S. The maximum atomic E-state index is 12.5. The molecule has 3 rings (SSSR count). The monoisotopic (exact) mass is 401 g/mol. The molecule has 1 aliphatic rings. The van der Waals surface area contributed by atoms with Gasteiger partial charge in [0.15, 0.2) is 5.16 Å². The molecule has 2 unspecified atom stereocenters. The van der Waals surface area contributed by atoms with Gasteiger partial charge in [0, 0.05) is 36.5 Å². The standard InChI is InChI=1S/C21H27N3O3S/c1-14-11-24(12-15(2)27-14)19(25)10-9-18-16(3)22-21(23-20(18)26)28-13-17-7-5-4-6-8-17/h4-8,14-15H,9-13H2,1-3H3,(H,22,23,26). The molecule has 1 amide bonds. The van der Waals surface area contributed by atoms with E-state index >= 15 is 0 Å². The summed E-state index contributed by atoms with van der Waals surface area (Å²) in [6.45, 7) is 6.99. The average Bonchev–Trinajstić information content (AvgIpc) is 2.65. The van der Waals surface area contributed by atoms with Crippen molar-refractivity contribution in [2.75, 3.05) is 13.1 Å². The summed E-state index contributed by atoms with van der Waals surface area (Å²) in [4.78, 5) is 34.3. The van der Waals surface area contributed by atoms with Crippen LogP contribution in [-0.2, 0) is 21.7 Å². The van der Waals surface area contributed by atoms with Gasteiger partial charge in [-0.2, -0.15) is 0 Å². The Kier molecular flexibility index (Phi) is 6.91. The number of nitrogens with zero attached hydrogens (tertiary/aromatic N) is 2. The maximum absolute atomic E-state index is 12.5. The minimum absolute atomic E-state index is 0.0421. The van der Waals surface area contributed by atoms with Crippen LogP contribution < -0.4 is 5.56 Å². The Morgan fingerprint density at radius 3 is 2.57 bits per heavy atom. The highest BCUT2D eigenvalue weighted by molar-refractivity contribution is 7.98. The number of morpholine rings is 1. The minimum atomic E-state index is -0.153. The first-order valence-electron chi connectivity index (χ1n) is 9.62. The van der Waals surface area contributed by atoms with Crippen LogP contribution in [0.2, 0.25) is 0 Å². The first-order valence-corrected chi connectivity index (χ1v) is 10.6. The molecule has 1 fully saturated rings. The zero-order valence-electron chi connectivity index (χ0n) is 16.6. The number of ether oxygens (including phenoxy) is 1. The molecule has 0 bridgehead atoms. The number of amides is 1. The van der Waals surface area contributed by atoms with E-state index in [-0.39, 0.29) is 23.7 Å². The summed E-state index contributed by atoms with van der Waals surface area (Å²) in [5, 5.41) is 0.609. The number of aryl methyl sites for hydroxylation is 1. The molecule has 2 aromatic rings. The van der Waals surface area contributed by atoms with Crippen LogP contribution in [-0.4, -0.2) is 46.1 Å². The van der Waals surface area contributed by atoms with E-state index in [0.29, 0.717) is 42.3 Å². The van der Waals surface area contributed by atoms with Crippen LogP contribution in [0.15, 0.2) is 40.3 Å². The van der Waals surface area contributed by atoms with Crippen molar-refractivity contribution >= 4 is 17.7 Å². The molecule has 1 aliphatic heterocycles. The fourth-order valence-electron chi connectivity index (χ4n) is 3.44. The van der Waals surface area contributed by atoms with Crippen LogP contribution in [0.3, 0.4) is 0 Å². The normalized spacial score (nSPS) is 19.6. The van der Waals surface area contributed by atoms with Gasteiger partial charge in [-0.25, -0.2) is 4.98 Å². The number of rotatable bonds is 6. The Morgan fingerprint density at radius 1 is 1.25 bits per heavy atom. The lowest BCUT2D eigenvalue weighted by molar-refractivity contribution is -0.143. The molecular weight excluding hydrogens is 374 g/mol. The smallest absolute Gasteiger partial charge is 0.254 e. The van der Waals surface area contributed by atoms with Gasteiger partial charge in [-0.3, -0.25) is 9.59 Å². The van der Waals surface area contributed by atoms with E-state index in [4.69, 9.17) is 4.74 Å². The summed E-state index contributed by atoms with van der Waals surface area (Å²) in [6, 6.07) is 10.1. The van der Waals surface area contributed by atoms with Crippen molar-refractivity contribution in [1.29, 1.82) is 0 Å². The van der Waals surface area contributed by atoms with Crippen molar-refractivity contribution < 1.29 is 9.53 Å². The van der Waals surface area contributed by atoms with E-state index in [1.807, 2.05) is 56.0 Å². The van der Waals surface area contributed by atoms with Gasteiger partial charge >= 0.3 is 0 Å². The van der Waals surface area contributed by atoms with E-state index in [1.54, 1.807) is 0 Å². The molecule has 1 N–H and O–H groups in total. The topological polar surface area (TPSA) is 75.3 Å². The van der Waals surface area contributed by atoms with Gasteiger partial charge in [-0.05, 0) is 32.8 Å². The Morgan fingerprint density at radius 2 is 1.93 bits per heavy atom. The molecule has 0 saturated carbocycles.